The van der Waals surface area contributed by atoms with Crippen LogP contribution in [0.3, 0.4) is 0 Å². The molecule has 5 aromatic carbocycles. The molecule has 0 aromatic heterocycles. The molecule has 2 heteroatoms. The maximum absolute atomic E-state index is 2.35. The van der Waals surface area contributed by atoms with E-state index in [0.717, 1.165) is 34.1 Å². The number of benzene rings is 5. The lowest BCUT2D eigenvalue weighted by Crippen LogP contribution is -2.13. The lowest BCUT2D eigenvalue weighted by Gasteiger charge is -2.30. The lowest BCUT2D eigenvalue weighted by atomic mass is 10.0. The quantitative estimate of drug-likeness (QED) is 0.199. The molecule has 0 saturated carbocycles. The van der Waals surface area contributed by atoms with Gasteiger partial charge in [0.2, 0.25) is 0 Å². The molecular weight excluding hydrogens is 484 g/mol. The zero-order valence-electron chi connectivity index (χ0n) is 24.6. The molecule has 0 aliphatic rings. The fraction of sp³-hybridized carbons (Fsp3) is 0.211. The van der Waals surface area contributed by atoms with Crippen LogP contribution in [-0.2, 0) is 0 Å². The molecule has 5 rings (SSSR count). The summed E-state index contributed by atoms with van der Waals surface area (Å²) in [6, 6.07) is 44.4. The van der Waals surface area contributed by atoms with Gasteiger partial charge in [0.1, 0.15) is 0 Å². The first-order valence-electron chi connectivity index (χ1n) is 14.3. The maximum Gasteiger partial charge on any atom is 0.0482 e. The normalized spacial score (nSPS) is 11.2. The van der Waals surface area contributed by atoms with E-state index in [-0.39, 0.29) is 0 Å². The molecule has 40 heavy (non-hydrogen) atoms. The Balaban J connectivity index is 1.63. The Morgan fingerprint density at radius 1 is 0.375 bits per heavy atom. The van der Waals surface area contributed by atoms with E-state index < -0.39 is 0 Å². The highest BCUT2D eigenvalue weighted by Gasteiger charge is 2.17. The Morgan fingerprint density at radius 3 is 0.975 bits per heavy atom. The van der Waals surface area contributed by atoms with Crippen molar-refractivity contribution in [1.82, 2.24) is 0 Å². The van der Waals surface area contributed by atoms with Crippen molar-refractivity contribution < 1.29 is 0 Å². The van der Waals surface area contributed by atoms with Gasteiger partial charge in [0.25, 0.3) is 0 Å². The van der Waals surface area contributed by atoms with Crippen LogP contribution in [0.2, 0.25) is 0 Å². The summed E-state index contributed by atoms with van der Waals surface area (Å²) in [5, 5.41) is 0. The minimum Gasteiger partial charge on any atom is -0.310 e. The Hall–Kier alpha value is -4.30. The summed E-state index contributed by atoms with van der Waals surface area (Å²) in [6.07, 6.45) is 0. The molecule has 0 aliphatic carbocycles. The predicted octanol–water partition coefficient (Wildman–Crippen LogP) is 11.5. The summed E-state index contributed by atoms with van der Waals surface area (Å²) in [5.74, 6) is 0.991. The molecule has 0 amide bonds. The van der Waals surface area contributed by atoms with Gasteiger partial charge in [-0.2, -0.15) is 0 Å². The second kappa shape index (κ2) is 11.8. The first kappa shape index (κ1) is 27.3. The molecule has 0 radical (unpaired) electrons. The average Bonchev–Trinajstić information content (AvgIpc) is 2.96. The highest BCUT2D eigenvalue weighted by atomic mass is 15.2. The monoisotopic (exact) mass is 524 g/mol. The predicted molar refractivity (Wildman–Crippen MR) is 173 cm³/mol. The van der Waals surface area contributed by atoms with E-state index in [9.17, 15) is 0 Å². The molecule has 202 valence electrons. The largest absolute Gasteiger partial charge is 0.310 e. The van der Waals surface area contributed by atoms with Crippen LogP contribution in [0.15, 0.2) is 121 Å². The maximum atomic E-state index is 2.35. The number of anilines is 6. The summed E-state index contributed by atoms with van der Waals surface area (Å²) in [5.41, 5.74) is 12.0. The third-order valence-electron chi connectivity index (χ3n) is 7.57. The van der Waals surface area contributed by atoms with Crippen molar-refractivity contribution >= 4 is 34.1 Å². The van der Waals surface area contributed by atoms with Gasteiger partial charge in [-0.15, -0.1) is 0 Å². The summed E-state index contributed by atoms with van der Waals surface area (Å²) < 4.78 is 0. The van der Waals surface area contributed by atoms with Crippen LogP contribution >= 0.6 is 0 Å². The number of aryl methyl sites for hydroxylation is 2. The van der Waals surface area contributed by atoms with Crippen molar-refractivity contribution in [2.45, 2.75) is 53.4 Å². The van der Waals surface area contributed by atoms with Crippen molar-refractivity contribution in [2.75, 3.05) is 9.80 Å². The molecule has 5 aromatic rings. The van der Waals surface area contributed by atoms with Crippen molar-refractivity contribution in [3.8, 4) is 0 Å². The Kier molecular flexibility index (Phi) is 8.07. The Morgan fingerprint density at radius 2 is 0.675 bits per heavy atom. The zero-order chi connectivity index (χ0) is 28.2. The molecule has 0 spiro atoms. The van der Waals surface area contributed by atoms with Crippen molar-refractivity contribution in [3.63, 3.8) is 0 Å². The first-order valence-corrected chi connectivity index (χ1v) is 14.3. The fourth-order valence-electron chi connectivity index (χ4n) is 5.07. The fourth-order valence-corrected chi connectivity index (χ4v) is 5.07. The van der Waals surface area contributed by atoms with Crippen LogP contribution in [-0.4, -0.2) is 0 Å². The van der Waals surface area contributed by atoms with Gasteiger partial charge in [0.15, 0.2) is 0 Å². The minimum atomic E-state index is 0.496. The van der Waals surface area contributed by atoms with Gasteiger partial charge in [-0.1, -0.05) is 93.4 Å². The van der Waals surface area contributed by atoms with Gasteiger partial charge >= 0.3 is 0 Å². The summed E-state index contributed by atoms with van der Waals surface area (Å²) in [4.78, 5) is 4.70. The van der Waals surface area contributed by atoms with Gasteiger partial charge < -0.3 is 9.80 Å². The Labute approximate surface area is 240 Å². The van der Waals surface area contributed by atoms with Crippen LogP contribution < -0.4 is 9.80 Å². The van der Waals surface area contributed by atoms with E-state index >= 15 is 0 Å². The van der Waals surface area contributed by atoms with Crippen molar-refractivity contribution in [3.05, 3.63) is 144 Å². The van der Waals surface area contributed by atoms with E-state index in [1.807, 2.05) is 0 Å². The molecular formula is C38H40N2. The van der Waals surface area contributed by atoms with Gasteiger partial charge in [-0.05, 0) is 104 Å². The highest BCUT2D eigenvalue weighted by Crippen LogP contribution is 2.40. The summed E-state index contributed by atoms with van der Waals surface area (Å²) in [7, 11) is 0. The van der Waals surface area contributed by atoms with E-state index in [1.54, 1.807) is 0 Å². The Bertz CT molecular complexity index is 1410. The number of rotatable bonds is 8. The third kappa shape index (κ3) is 5.97. The molecule has 0 atom stereocenters. The molecule has 0 saturated heterocycles. The molecule has 0 heterocycles. The molecule has 0 fully saturated rings. The number of hydrogen-bond donors (Lipinski definition) is 0. The van der Waals surface area contributed by atoms with Gasteiger partial charge in [-0.25, -0.2) is 0 Å². The molecule has 0 aliphatic heterocycles. The molecule has 0 bridgehead atoms. The highest BCUT2D eigenvalue weighted by molar-refractivity contribution is 5.83. The van der Waals surface area contributed by atoms with Gasteiger partial charge in [0.05, 0.1) is 0 Å². The average molecular weight is 525 g/mol. The SMILES string of the molecule is Cc1ccc(N(c2ccc(C(C)C)cc2)c2cccc(N(c3ccc(C)cc3)c3ccc(C(C)C)cc3)c2)cc1. The smallest absolute Gasteiger partial charge is 0.0482 e. The standard InChI is InChI=1S/C38H40N2/c1-27(2)31-14-22-35(23-15-31)39(33-18-10-29(5)11-19-33)37-8-7-9-38(26-37)40(34-20-12-30(6)13-21-34)36-24-16-32(17-25-36)28(3)4/h7-28H,1-6H3. The second-order valence-corrected chi connectivity index (χ2v) is 11.4. The van der Waals surface area contributed by atoms with Crippen molar-refractivity contribution in [1.29, 1.82) is 0 Å². The van der Waals surface area contributed by atoms with Crippen LogP contribution in [0.4, 0.5) is 34.1 Å². The summed E-state index contributed by atoms with van der Waals surface area (Å²) >= 11 is 0. The second-order valence-electron chi connectivity index (χ2n) is 11.4. The van der Waals surface area contributed by atoms with E-state index in [1.165, 1.54) is 22.3 Å². The third-order valence-corrected chi connectivity index (χ3v) is 7.57. The van der Waals surface area contributed by atoms with Gasteiger partial charge in [-0.3, -0.25) is 0 Å². The van der Waals surface area contributed by atoms with Crippen LogP contribution in [0.25, 0.3) is 0 Å². The number of nitrogens with zero attached hydrogens (tertiary/aromatic N) is 2. The lowest BCUT2D eigenvalue weighted by molar-refractivity contribution is 0.866. The van der Waals surface area contributed by atoms with E-state index in [4.69, 9.17) is 0 Å². The molecule has 0 unspecified atom stereocenters. The van der Waals surface area contributed by atoms with Crippen LogP contribution in [0.1, 0.15) is 61.8 Å². The topological polar surface area (TPSA) is 6.48 Å². The van der Waals surface area contributed by atoms with E-state index in [2.05, 4.69) is 173 Å². The summed E-state index contributed by atoms with van der Waals surface area (Å²) in [6.45, 7) is 13.2. The van der Waals surface area contributed by atoms with Crippen molar-refractivity contribution in [2.24, 2.45) is 0 Å². The number of hydrogen-bond acceptors (Lipinski definition) is 2. The minimum absolute atomic E-state index is 0.496. The van der Waals surface area contributed by atoms with E-state index in [0.29, 0.717) is 11.8 Å². The zero-order valence-corrected chi connectivity index (χ0v) is 24.6. The van der Waals surface area contributed by atoms with Crippen LogP contribution in [0.5, 0.6) is 0 Å². The first-order chi connectivity index (χ1) is 19.3. The molecule has 0 N–H and O–H groups in total. The molecule has 2 nitrogen and oxygen atoms in total. The van der Waals surface area contributed by atoms with Crippen LogP contribution in [0, 0.1) is 13.8 Å². The van der Waals surface area contributed by atoms with Gasteiger partial charge in [0, 0.05) is 34.1 Å².